The normalized spacial score (nSPS) is 11.3. The Kier molecular flexibility index (Phi) is 2.87. The maximum Gasteiger partial charge on any atom is 0.309 e. The van der Waals surface area contributed by atoms with Gasteiger partial charge < -0.3 is 5.11 Å². The van der Waals surface area contributed by atoms with Gasteiger partial charge in [-0.2, -0.15) is 0 Å². The first-order valence-corrected chi connectivity index (χ1v) is 7.36. The molecule has 0 spiro atoms. The van der Waals surface area contributed by atoms with E-state index in [1.807, 2.05) is 29.8 Å². The van der Waals surface area contributed by atoms with Gasteiger partial charge in [-0.05, 0) is 13.8 Å². The molecule has 0 bridgehead atoms. The lowest BCUT2D eigenvalue weighted by Crippen LogP contribution is -2.02. The van der Waals surface area contributed by atoms with Crippen LogP contribution in [-0.4, -0.2) is 25.4 Å². The lowest BCUT2D eigenvalue weighted by Gasteiger charge is -1.93. The molecule has 0 aromatic carbocycles. The summed E-state index contributed by atoms with van der Waals surface area (Å²) < 4.78 is 1.85. The molecule has 3 heterocycles. The maximum atomic E-state index is 10.8. The number of hydrogen-bond donors (Lipinski definition) is 1. The number of thiazole rings is 2. The number of carboxylic acid groups (broad SMARTS) is 1. The summed E-state index contributed by atoms with van der Waals surface area (Å²) in [5.74, 6) is -0.834. The van der Waals surface area contributed by atoms with E-state index >= 15 is 0 Å². The van der Waals surface area contributed by atoms with Gasteiger partial charge in [-0.3, -0.25) is 9.20 Å². The molecule has 98 valence electrons. The molecule has 0 aliphatic carbocycles. The largest absolute Gasteiger partial charge is 0.481 e. The number of carboxylic acids is 1. The molecule has 0 amide bonds. The molecule has 5 nitrogen and oxygen atoms in total. The van der Waals surface area contributed by atoms with Crippen molar-refractivity contribution in [3.05, 3.63) is 28.0 Å². The summed E-state index contributed by atoms with van der Waals surface area (Å²) >= 11 is 3.06. The Labute approximate surface area is 117 Å². The third kappa shape index (κ3) is 2.15. The van der Waals surface area contributed by atoms with Crippen molar-refractivity contribution in [3.63, 3.8) is 0 Å². The fraction of sp³-hybridized carbons (Fsp3) is 0.250. The zero-order valence-electron chi connectivity index (χ0n) is 10.4. The van der Waals surface area contributed by atoms with E-state index in [2.05, 4.69) is 9.97 Å². The zero-order valence-corrected chi connectivity index (χ0v) is 12.0. The minimum absolute atomic E-state index is 0.0104. The average molecular weight is 293 g/mol. The SMILES string of the molecule is Cc1nc(C)c(-c2cn3c(CC(=O)O)csc3n2)s1. The summed E-state index contributed by atoms with van der Waals surface area (Å²) in [7, 11) is 0. The maximum absolute atomic E-state index is 10.8. The fourth-order valence-corrected chi connectivity index (χ4v) is 3.74. The molecule has 0 saturated carbocycles. The molecule has 3 aromatic heterocycles. The molecule has 0 aliphatic rings. The highest BCUT2D eigenvalue weighted by atomic mass is 32.1. The van der Waals surface area contributed by atoms with Gasteiger partial charge in [-0.1, -0.05) is 0 Å². The van der Waals surface area contributed by atoms with Crippen molar-refractivity contribution in [2.45, 2.75) is 20.3 Å². The van der Waals surface area contributed by atoms with Gasteiger partial charge in [0.2, 0.25) is 0 Å². The van der Waals surface area contributed by atoms with Crippen LogP contribution >= 0.6 is 22.7 Å². The van der Waals surface area contributed by atoms with Crippen molar-refractivity contribution in [2.24, 2.45) is 0 Å². The first-order valence-electron chi connectivity index (χ1n) is 5.66. The molecule has 3 aromatic rings. The quantitative estimate of drug-likeness (QED) is 0.806. The van der Waals surface area contributed by atoms with Gasteiger partial charge >= 0.3 is 5.97 Å². The predicted octanol–water partition coefficient (Wildman–Crippen LogP) is 2.76. The summed E-state index contributed by atoms with van der Waals surface area (Å²) in [6, 6.07) is 0. The van der Waals surface area contributed by atoms with Crippen LogP contribution in [0.1, 0.15) is 16.4 Å². The summed E-state index contributed by atoms with van der Waals surface area (Å²) in [5, 5.41) is 11.7. The number of aliphatic carboxylic acids is 1. The molecule has 0 fully saturated rings. The van der Waals surface area contributed by atoms with Crippen molar-refractivity contribution >= 4 is 33.6 Å². The van der Waals surface area contributed by atoms with Crippen LogP contribution in [0.5, 0.6) is 0 Å². The lowest BCUT2D eigenvalue weighted by atomic mass is 10.3. The molecule has 0 unspecified atom stereocenters. The van der Waals surface area contributed by atoms with Crippen LogP contribution in [0.25, 0.3) is 15.5 Å². The topological polar surface area (TPSA) is 67.5 Å². The van der Waals surface area contributed by atoms with Crippen molar-refractivity contribution < 1.29 is 9.90 Å². The van der Waals surface area contributed by atoms with Crippen molar-refractivity contribution in [1.29, 1.82) is 0 Å². The van der Waals surface area contributed by atoms with Gasteiger partial charge in [0.1, 0.15) is 5.69 Å². The number of rotatable bonds is 3. The number of imidazole rings is 1. The van der Waals surface area contributed by atoms with Gasteiger partial charge in [0.15, 0.2) is 4.96 Å². The molecule has 3 rings (SSSR count). The standard InChI is InChI=1S/C12H11N3O2S2/c1-6-11(19-7(2)13-6)9-4-15-8(3-10(16)17)5-18-12(15)14-9/h4-5H,3H2,1-2H3,(H,16,17). The molecular formula is C12H11N3O2S2. The summed E-state index contributed by atoms with van der Waals surface area (Å²) in [6.45, 7) is 3.93. The van der Waals surface area contributed by atoms with Gasteiger partial charge in [0.05, 0.1) is 22.0 Å². The second-order valence-electron chi connectivity index (χ2n) is 4.22. The lowest BCUT2D eigenvalue weighted by molar-refractivity contribution is -0.136. The smallest absolute Gasteiger partial charge is 0.309 e. The fourth-order valence-electron chi connectivity index (χ4n) is 1.99. The molecule has 0 radical (unpaired) electrons. The highest BCUT2D eigenvalue weighted by Gasteiger charge is 2.15. The Morgan fingerprint density at radius 2 is 2.21 bits per heavy atom. The van der Waals surface area contributed by atoms with Crippen molar-refractivity contribution in [1.82, 2.24) is 14.4 Å². The summed E-state index contributed by atoms with van der Waals surface area (Å²) in [6.07, 6.45) is 1.90. The number of carbonyl (C=O) groups is 1. The van der Waals surface area contributed by atoms with E-state index < -0.39 is 5.97 Å². The second-order valence-corrected chi connectivity index (χ2v) is 6.26. The van der Waals surface area contributed by atoms with Gasteiger partial charge in [0.25, 0.3) is 0 Å². The van der Waals surface area contributed by atoms with Crippen LogP contribution in [-0.2, 0) is 11.2 Å². The van der Waals surface area contributed by atoms with E-state index in [0.717, 1.165) is 31.9 Å². The first kappa shape index (κ1) is 12.3. The van der Waals surface area contributed by atoms with Crippen LogP contribution in [0.4, 0.5) is 0 Å². The molecule has 0 atom stereocenters. The zero-order chi connectivity index (χ0) is 13.6. The van der Waals surface area contributed by atoms with E-state index in [-0.39, 0.29) is 6.42 Å². The van der Waals surface area contributed by atoms with E-state index in [9.17, 15) is 4.79 Å². The first-order chi connectivity index (χ1) is 9.04. The van der Waals surface area contributed by atoms with Crippen molar-refractivity contribution in [3.8, 4) is 10.6 Å². The Bertz CT molecular complexity index is 769. The number of hydrogen-bond acceptors (Lipinski definition) is 5. The molecule has 1 N–H and O–H groups in total. The number of fused-ring (bicyclic) bond motifs is 1. The highest BCUT2D eigenvalue weighted by molar-refractivity contribution is 7.16. The molecule has 0 aliphatic heterocycles. The molecule has 19 heavy (non-hydrogen) atoms. The Hall–Kier alpha value is -1.73. The summed E-state index contributed by atoms with van der Waals surface area (Å²) in [5.41, 5.74) is 2.58. The number of nitrogens with zero attached hydrogens (tertiary/aromatic N) is 3. The molecule has 7 heteroatoms. The van der Waals surface area contributed by atoms with Gasteiger partial charge in [-0.15, -0.1) is 22.7 Å². The van der Waals surface area contributed by atoms with E-state index in [1.165, 1.54) is 11.3 Å². The van der Waals surface area contributed by atoms with Crippen LogP contribution in [0.3, 0.4) is 0 Å². The number of aryl methyl sites for hydroxylation is 2. The van der Waals surface area contributed by atoms with E-state index in [4.69, 9.17) is 5.11 Å². The molecular weight excluding hydrogens is 282 g/mol. The number of aromatic nitrogens is 3. The predicted molar refractivity (Wildman–Crippen MR) is 75.0 cm³/mol. The van der Waals surface area contributed by atoms with Gasteiger partial charge in [-0.25, -0.2) is 9.97 Å². The Morgan fingerprint density at radius 1 is 1.42 bits per heavy atom. The third-order valence-corrected chi connectivity index (χ3v) is 4.74. The highest BCUT2D eigenvalue weighted by Crippen LogP contribution is 2.30. The van der Waals surface area contributed by atoms with Crippen LogP contribution in [0.15, 0.2) is 11.6 Å². The van der Waals surface area contributed by atoms with E-state index in [1.54, 1.807) is 11.3 Å². The Morgan fingerprint density at radius 3 is 2.84 bits per heavy atom. The van der Waals surface area contributed by atoms with Crippen LogP contribution in [0.2, 0.25) is 0 Å². The Balaban J connectivity index is 2.09. The van der Waals surface area contributed by atoms with Crippen LogP contribution < -0.4 is 0 Å². The van der Waals surface area contributed by atoms with Crippen LogP contribution in [0, 0.1) is 13.8 Å². The third-order valence-electron chi connectivity index (χ3n) is 2.75. The molecule has 0 saturated heterocycles. The summed E-state index contributed by atoms with van der Waals surface area (Å²) in [4.78, 5) is 21.6. The minimum Gasteiger partial charge on any atom is -0.481 e. The average Bonchev–Trinajstić information content (AvgIpc) is 2.94. The van der Waals surface area contributed by atoms with Crippen molar-refractivity contribution in [2.75, 3.05) is 0 Å². The van der Waals surface area contributed by atoms with Gasteiger partial charge in [0, 0.05) is 17.3 Å². The second kappa shape index (κ2) is 4.43. The van der Waals surface area contributed by atoms with E-state index in [0.29, 0.717) is 0 Å². The monoisotopic (exact) mass is 293 g/mol. The minimum atomic E-state index is -0.834.